The summed E-state index contributed by atoms with van der Waals surface area (Å²) in [4.78, 5) is 12.1. The predicted octanol–water partition coefficient (Wildman–Crippen LogP) is 2.08. The van der Waals surface area contributed by atoms with Gasteiger partial charge in [-0.1, -0.05) is 0 Å². The van der Waals surface area contributed by atoms with Crippen LogP contribution in [-0.4, -0.2) is 30.8 Å². The summed E-state index contributed by atoms with van der Waals surface area (Å²) in [7, 11) is -5.56. The highest BCUT2D eigenvalue weighted by Crippen LogP contribution is 2.56. The third-order valence-electron chi connectivity index (χ3n) is 5.26. The van der Waals surface area contributed by atoms with Crippen molar-refractivity contribution in [3.8, 4) is 0 Å². The molecule has 8 heteroatoms. The zero-order chi connectivity index (χ0) is 15.4. The number of carbonyl (C=O) groups is 1. The van der Waals surface area contributed by atoms with Gasteiger partial charge in [0.1, 0.15) is 0 Å². The van der Waals surface area contributed by atoms with Crippen LogP contribution in [0.1, 0.15) is 32.1 Å². The van der Waals surface area contributed by atoms with Crippen LogP contribution >= 0.6 is 0 Å². The van der Waals surface area contributed by atoms with Crippen LogP contribution in [0.4, 0.5) is 8.78 Å². The van der Waals surface area contributed by atoms with Crippen LogP contribution < -0.4 is 0 Å². The van der Waals surface area contributed by atoms with Gasteiger partial charge in [0.2, 0.25) is 0 Å². The van der Waals surface area contributed by atoms with Crippen LogP contribution in [0.25, 0.3) is 0 Å². The average molecular weight is 324 g/mol. The number of ether oxygens (including phenoxy) is 1. The summed E-state index contributed by atoms with van der Waals surface area (Å²) in [5.74, 6) is 0.481. The first-order chi connectivity index (χ1) is 9.67. The zero-order valence-electron chi connectivity index (χ0n) is 11.4. The highest BCUT2D eigenvalue weighted by molar-refractivity contribution is 7.86. The van der Waals surface area contributed by atoms with E-state index < -0.39 is 33.9 Å². The van der Waals surface area contributed by atoms with Gasteiger partial charge < -0.3 is 4.74 Å². The van der Waals surface area contributed by atoms with Gasteiger partial charge >= 0.3 is 21.3 Å². The van der Waals surface area contributed by atoms with Crippen molar-refractivity contribution in [1.29, 1.82) is 0 Å². The lowest BCUT2D eigenvalue weighted by Gasteiger charge is -2.53. The number of alkyl halides is 2. The Bertz CT molecular complexity index is 517. The third-order valence-corrected chi connectivity index (χ3v) is 6.13. The van der Waals surface area contributed by atoms with Crippen molar-refractivity contribution in [2.75, 3.05) is 6.61 Å². The molecule has 0 saturated heterocycles. The quantitative estimate of drug-likeness (QED) is 0.632. The number of rotatable bonds is 4. The molecule has 0 amide bonds. The SMILES string of the molecule is O=C(OCC(F)(F)S(=O)(=O)O)C1C2CC3CC(C2)CC1C3. The Hall–Kier alpha value is -0.760. The molecule has 0 aromatic heterocycles. The van der Waals surface area contributed by atoms with Gasteiger partial charge in [0.25, 0.3) is 0 Å². The van der Waals surface area contributed by atoms with E-state index in [4.69, 9.17) is 4.55 Å². The van der Waals surface area contributed by atoms with Crippen molar-refractivity contribution >= 4 is 16.1 Å². The summed E-state index contributed by atoms with van der Waals surface area (Å²) in [6, 6.07) is 0. The minimum atomic E-state index is -5.56. The van der Waals surface area contributed by atoms with Gasteiger partial charge in [-0.25, -0.2) is 0 Å². The van der Waals surface area contributed by atoms with Crippen molar-refractivity contribution in [1.82, 2.24) is 0 Å². The van der Waals surface area contributed by atoms with Crippen molar-refractivity contribution in [2.24, 2.45) is 29.6 Å². The number of hydrogen-bond donors (Lipinski definition) is 1. The second kappa shape index (κ2) is 4.87. The lowest BCUT2D eigenvalue weighted by molar-refractivity contribution is -0.168. The summed E-state index contributed by atoms with van der Waals surface area (Å²) < 4.78 is 60.1. The Kier molecular flexibility index (Phi) is 3.52. The van der Waals surface area contributed by atoms with Crippen LogP contribution in [0.15, 0.2) is 0 Å². The fourth-order valence-electron chi connectivity index (χ4n) is 4.64. The van der Waals surface area contributed by atoms with Gasteiger partial charge in [0.15, 0.2) is 6.61 Å². The maximum atomic E-state index is 13.1. The summed E-state index contributed by atoms with van der Waals surface area (Å²) >= 11 is 0. The second-order valence-corrected chi connectivity index (χ2v) is 8.22. The molecule has 4 aliphatic carbocycles. The molecule has 120 valence electrons. The van der Waals surface area contributed by atoms with Gasteiger partial charge in [0.05, 0.1) is 5.92 Å². The van der Waals surface area contributed by atoms with E-state index in [9.17, 15) is 22.0 Å². The first kappa shape index (κ1) is 15.1. The first-order valence-corrected chi connectivity index (χ1v) is 8.63. The molecular weight excluding hydrogens is 306 g/mol. The van der Waals surface area contributed by atoms with Gasteiger partial charge in [-0.15, -0.1) is 0 Å². The molecular formula is C13H18F2O5S. The van der Waals surface area contributed by atoms with Crippen LogP contribution in [0, 0.1) is 29.6 Å². The summed E-state index contributed by atoms with van der Waals surface area (Å²) in [6.07, 6.45) is 4.93. The van der Waals surface area contributed by atoms with Crippen LogP contribution in [0.2, 0.25) is 0 Å². The molecule has 0 atom stereocenters. The Morgan fingerprint density at radius 1 is 1.10 bits per heavy atom. The molecule has 0 spiro atoms. The molecule has 4 aliphatic rings. The lowest BCUT2D eigenvalue weighted by atomic mass is 9.52. The number of hydrogen-bond acceptors (Lipinski definition) is 4. The fourth-order valence-corrected chi connectivity index (χ4v) is 4.84. The van der Waals surface area contributed by atoms with E-state index in [1.807, 2.05) is 0 Å². The average Bonchev–Trinajstić information content (AvgIpc) is 2.33. The molecule has 0 aromatic carbocycles. The van der Waals surface area contributed by atoms with E-state index in [1.54, 1.807) is 0 Å². The standard InChI is InChI=1S/C13H18F2O5S/c14-13(15,21(17,18)19)6-20-12(16)11-9-2-7-1-8(4-9)5-10(11)3-7/h7-11H,1-6H2,(H,17,18,19). The van der Waals surface area contributed by atoms with Crippen molar-refractivity contribution in [2.45, 2.75) is 37.4 Å². The van der Waals surface area contributed by atoms with Crippen molar-refractivity contribution < 1.29 is 31.3 Å². The molecule has 0 aliphatic heterocycles. The van der Waals surface area contributed by atoms with E-state index in [2.05, 4.69) is 4.74 Å². The minimum Gasteiger partial charge on any atom is -0.458 e. The third kappa shape index (κ3) is 2.67. The molecule has 1 N–H and O–H groups in total. The summed E-state index contributed by atoms with van der Waals surface area (Å²) in [5, 5.41) is -4.45. The predicted molar refractivity (Wildman–Crippen MR) is 68.0 cm³/mol. The Morgan fingerprint density at radius 3 is 2.00 bits per heavy atom. The van der Waals surface area contributed by atoms with Crippen LogP contribution in [-0.2, 0) is 19.6 Å². The van der Waals surface area contributed by atoms with E-state index in [1.165, 1.54) is 6.42 Å². The molecule has 0 heterocycles. The maximum absolute atomic E-state index is 13.1. The Labute approximate surface area is 121 Å². The van der Waals surface area contributed by atoms with Gasteiger partial charge in [-0.05, 0) is 55.8 Å². The monoisotopic (exact) mass is 324 g/mol. The summed E-state index contributed by atoms with van der Waals surface area (Å²) in [6.45, 7) is -1.62. The molecule has 4 saturated carbocycles. The normalized spacial score (nSPS) is 38.5. The van der Waals surface area contributed by atoms with Gasteiger partial charge in [-0.2, -0.15) is 17.2 Å². The largest absolute Gasteiger partial charge is 0.458 e. The van der Waals surface area contributed by atoms with Crippen molar-refractivity contribution in [3.05, 3.63) is 0 Å². The van der Waals surface area contributed by atoms with Crippen LogP contribution in [0.5, 0.6) is 0 Å². The molecule has 4 bridgehead atoms. The molecule has 0 radical (unpaired) electrons. The maximum Gasteiger partial charge on any atom is 0.402 e. The number of carbonyl (C=O) groups excluding carboxylic acids is 1. The molecule has 0 aromatic rings. The number of halogens is 2. The Morgan fingerprint density at radius 2 is 1.57 bits per heavy atom. The molecule has 5 nitrogen and oxygen atoms in total. The second-order valence-electron chi connectivity index (χ2n) is 6.68. The molecule has 21 heavy (non-hydrogen) atoms. The molecule has 4 rings (SSSR count). The van der Waals surface area contributed by atoms with E-state index in [0.717, 1.165) is 25.7 Å². The van der Waals surface area contributed by atoms with Gasteiger partial charge in [-0.3, -0.25) is 9.35 Å². The zero-order valence-corrected chi connectivity index (χ0v) is 12.2. The van der Waals surface area contributed by atoms with E-state index >= 15 is 0 Å². The summed E-state index contributed by atoms with van der Waals surface area (Å²) in [5.41, 5.74) is 0. The van der Waals surface area contributed by atoms with Gasteiger partial charge in [0, 0.05) is 0 Å². The van der Waals surface area contributed by atoms with E-state index in [-0.39, 0.29) is 11.8 Å². The number of esters is 1. The van der Waals surface area contributed by atoms with Crippen LogP contribution in [0.3, 0.4) is 0 Å². The molecule has 4 fully saturated rings. The smallest absolute Gasteiger partial charge is 0.402 e. The minimum absolute atomic E-state index is 0.174. The lowest BCUT2D eigenvalue weighted by Crippen LogP contribution is -2.49. The topological polar surface area (TPSA) is 80.7 Å². The highest BCUT2D eigenvalue weighted by Gasteiger charge is 2.52. The molecule has 0 unspecified atom stereocenters. The fraction of sp³-hybridized carbons (Fsp3) is 0.923. The Balaban J connectivity index is 1.64. The van der Waals surface area contributed by atoms with E-state index in [0.29, 0.717) is 11.8 Å². The van der Waals surface area contributed by atoms with Crippen molar-refractivity contribution in [3.63, 3.8) is 0 Å². The highest BCUT2D eigenvalue weighted by atomic mass is 32.2. The first-order valence-electron chi connectivity index (χ1n) is 7.19.